The summed E-state index contributed by atoms with van der Waals surface area (Å²) >= 11 is 2.63. The molecule has 1 N–H and O–H groups in total. The molecule has 2 aromatic heterocycles. The van der Waals surface area contributed by atoms with Crippen molar-refractivity contribution in [1.29, 1.82) is 0 Å². The number of para-hydroxylation sites is 2. The molecule has 0 spiro atoms. The predicted molar refractivity (Wildman–Crippen MR) is 121 cm³/mol. The largest absolute Gasteiger partial charge is 0.320 e. The Morgan fingerprint density at radius 1 is 1.33 bits per heavy atom. The third-order valence-electron chi connectivity index (χ3n) is 4.70. The summed E-state index contributed by atoms with van der Waals surface area (Å²) in [6, 6.07) is 5.98. The Morgan fingerprint density at radius 2 is 2.07 bits per heavy atom. The summed E-state index contributed by atoms with van der Waals surface area (Å²) in [5, 5.41) is 14.8. The highest BCUT2D eigenvalue weighted by Gasteiger charge is 2.19. The molecule has 158 valence electrons. The minimum absolute atomic E-state index is 0.0144. The normalized spacial score (nSPS) is 11.0. The molecule has 1 amide bonds. The molecule has 1 aromatic carbocycles. The number of unbranched alkanes of at least 4 members (excludes halogenated alkanes) is 1. The van der Waals surface area contributed by atoms with Crippen LogP contribution in [-0.4, -0.2) is 26.1 Å². The number of fused-ring (bicyclic) bond motifs is 1. The minimum atomic E-state index is -0.540. The zero-order chi connectivity index (χ0) is 21.8. The third kappa shape index (κ3) is 4.54. The molecule has 0 fully saturated rings. The van der Waals surface area contributed by atoms with Crippen LogP contribution in [0.3, 0.4) is 0 Å². The number of nitro groups is 1. The summed E-state index contributed by atoms with van der Waals surface area (Å²) in [6.07, 6.45) is 1.75. The Hall–Kier alpha value is -2.72. The zero-order valence-electron chi connectivity index (χ0n) is 16.9. The van der Waals surface area contributed by atoms with E-state index in [4.69, 9.17) is 0 Å². The first-order valence-corrected chi connectivity index (χ1v) is 11.3. The van der Waals surface area contributed by atoms with Crippen LogP contribution in [0, 0.1) is 24.0 Å². The Kier molecular flexibility index (Phi) is 6.88. The smallest absolute Gasteiger partial charge is 0.292 e. The van der Waals surface area contributed by atoms with Gasteiger partial charge >= 0.3 is 0 Å². The van der Waals surface area contributed by atoms with E-state index in [0.29, 0.717) is 21.9 Å². The van der Waals surface area contributed by atoms with Crippen LogP contribution in [0.1, 0.15) is 30.2 Å². The van der Waals surface area contributed by atoms with Crippen LogP contribution < -0.4 is 10.9 Å². The van der Waals surface area contributed by atoms with Gasteiger partial charge in [-0.05, 0) is 31.9 Å². The number of carbonyl (C=O) groups is 1. The van der Waals surface area contributed by atoms with E-state index in [1.165, 1.54) is 23.5 Å². The van der Waals surface area contributed by atoms with Crippen molar-refractivity contribution >= 4 is 50.6 Å². The number of nitro benzene ring substituents is 1. The first-order chi connectivity index (χ1) is 14.3. The lowest BCUT2D eigenvalue weighted by Crippen LogP contribution is -2.24. The van der Waals surface area contributed by atoms with Gasteiger partial charge in [0.2, 0.25) is 5.91 Å². The standard InChI is InChI=1S/C20H22N4O4S2/c1-4-5-10-23-19(26)17-12(2)13(3)30-18(17)22-20(23)29-11-16(25)21-14-8-6-7-9-15(14)24(27)28/h6-9H,4-5,10-11H2,1-3H3,(H,21,25). The second-order valence-corrected chi connectivity index (χ2v) is 8.92. The Labute approximate surface area is 181 Å². The Balaban J connectivity index is 1.85. The van der Waals surface area contributed by atoms with Crippen LogP contribution >= 0.6 is 23.1 Å². The number of anilines is 1. The molecule has 0 bridgehead atoms. The van der Waals surface area contributed by atoms with Crippen LogP contribution in [0.25, 0.3) is 10.2 Å². The van der Waals surface area contributed by atoms with Crippen LogP contribution in [-0.2, 0) is 11.3 Å². The van der Waals surface area contributed by atoms with E-state index in [1.807, 2.05) is 20.8 Å². The number of aryl methyl sites for hydroxylation is 2. The summed E-state index contributed by atoms with van der Waals surface area (Å²) < 4.78 is 1.63. The number of carbonyl (C=O) groups excluding carboxylic acids is 1. The maximum Gasteiger partial charge on any atom is 0.292 e. The molecule has 0 unspecified atom stereocenters. The fourth-order valence-electron chi connectivity index (χ4n) is 2.99. The summed E-state index contributed by atoms with van der Waals surface area (Å²) in [5.41, 5.74) is 0.838. The highest BCUT2D eigenvalue weighted by atomic mass is 32.2. The molecule has 0 saturated heterocycles. The number of hydrogen-bond donors (Lipinski definition) is 1. The van der Waals surface area contributed by atoms with E-state index in [0.717, 1.165) is 35.0 Å². The summed E-state index contributed by atoms with van der Waals surface area (Å²) in [5.74, 6) is -0.413. The number of thiophene rings is 1. The Morgan fingerprint density at radius 3 is 2.77 bits per heavy atom. The van der Waals surface area contributed by atoms with Crippen LogP contribution in [0.5, 0.6) is 0 Å². The SMILES string of the molecule is CCCCn1c(SCC(=O)Nc2ccccc2[N+](=O)[O-])nc2sc(C)c(C)c2c1=O. The number of aromatic nitrogens is 2. The van der Waals surface area contributed by atoms with Gasteiger partial charge < -0.3 is 5.32 Å². The summed E-state index contributed by atoms with van der Waals surface area (Å²) in [6.45, 7) is 6.46. The quantitative estimate of drug-likeness (QED) is 0.236. The summed E-state index contributed by atoms with van der Waals surface area (Å²) in [7, 11) is 0. The van der Waals surface area contributed by atoms with E-state index in [-0.39, 0.29) is 22.7 Å². The van der Waals surface area contributed by atoms with Crippen molar-refractivity contribution in [1.82, 2.24) is 9.55 Å². The van der Waals surface area contributed by atoms with Gasteiger partial charge in [-0.3, -0.25) is 24.3 Å². The van der Waals surface area contributed by atoms with Gasteiger partial charge in [0.15, 0.2) is 5.16 Å². The second kappa shape index (κ2) is 9.40. The fourth-order valence-corrected chi connectivity index (χ4v) is 4.88. The molecule has 0 aliphatic carbocycles. The predicted octanol–water partition coefficient (Wildman–Crippen LogP) is 4.51. The van der Waals surface area contributed by atoms with Crippen molar-refractivity contribution in [3.63, 3.8) is 0 Å². The number of rotatable bonds is 8. The number of nitrogens with one attached hydrogen (secondary N) is 1. The van der Waals surface area contributed by atoms with Gasteiger partial charge in [0.1, 0.15) is 10.5 Å². The number of thioether (sulfide) groups is 1. The number of benzene rings is 1. The molecule has 3 aromatic rings. The van der Waals surface area contributed by atoms with Gasteiger partial charge in [0.25, 0.3) is 11.2 Å². The van der Waals surface area contributed by atoms with Crippen LogP contribution in [0.15, 0.2) is 34.2 Å². The van der Waals surface area contributed by atoms with Crippen LogP contribution in [0.4, 0.5) is 11.4 Å². The highest BCUT2D eigenvalue weighted by molar-refractivity contribution is 7.99. The maximum atomic E-state index is 13.1. The first kappa shape index (κ1) is 22.0. The average molecular weight is 447 g/mol. The molecule has 0 aliphatic rings. The van der Waals surface area contributed by atoms with Gasteiger partial charge in [-0.25, -0.2) is 4.98 Å². The molecule has 3 rings (SSSR count). The highest BCUT2D eigenvalue weighted by Crippen LogP contribution is 2.29. The van der Waals surface area contributed by atoms with E-state index >= 15 is 0 Å². The monoisotopic (exact) mass is 446 g/mol. The molecule has 0 aliphatic heterocycles. The molecule has 30 heavy (non-hydrogen) atoms. The van der Waals surface area contributed by atoms with Crippen molar-refractivity contribution in [3.8, 4) is 0 Å². The number of hydrogen-bond acceptors (Lipinski definition) is 7. The lowest BCUT2D eigenvalue weighted by atomic mass is 10.2. The molecule has 0 atom stereocenters. The zero-order valence-corrected chi connectivity index (χ0v) is 18.6. The van der Waals surface area contributed by atoms with Gasteiger partial charge in [-0.1, -0.05) is 37.2 Å². The molecular formula is C20H22N4O4S2. The van der Waals surface area contributed by atoms with Gasteiger partial charge in [-0.2, -0.15) is 0 Å². The minimum Gasteiger partial charge on any atom is -0.320 e. The van der Waals surface area contributed by atoms with Crippen molar-refractivity contribution in [3.05, 3.63) is 55.2 Å². The number of nitrogens with zero attached hydrogens (tertiary/aromatic N) is 3. The van der Waals surface area contributed by atoms with Crippen molar-refractivity contribution < 1.29 is 9.72 Å². The topological polar surface area (TPSA) is 107 Å². The lowest BCUT2D eigenvalue weighted by molar-refractivity contribution is -0.383. The Bertz CT molecular complexity index is 1170. The van der Waals surface area contributed by atoms with Gasteiger partial charge in [0, 0.05) is 17.5 Å². The number of amides is 1. The third-order valence-corrected chi connectivity index (χ3v) is 6.77. The van der Waals surface area contributed by atoms with Gasteiger partial charge in [0.05, 0.1) is 16.1 Å². The van der Waals surface area contributed by atoms with Crippen LogP contribution in [0.2, 0.25) is 0 Å². The molecule has 2 heterocycles. The van der Waals surface area contributed by atoms with E-state index in [1.54, 1.807) is 16.7 Å². The van der Waals surface area contributed by atoms with Crippen molar-refractivity contribution in [2.24, 2.45) is 0 Å². The van der Waals surface area contributed by atoms with Gasteiger partial charge in [-0.15, -0.1) is 11.3 Å². The van der Waals surface area contributed by atoms with E-state index in [9.17, 15) is 19.7 Å². The lowest BCUT2D eigenvalue weighted by Gasteiger charge is -2.12. The maximum absolute atomic E-state index is 13.1. The fraction of sp³-hybridized carbons (Fsp3) is 0.350. The second-order valence-electron chi connectivity index (χ2n) is 6.78. The van der Waals surface area contributed by atoms with Crippen molar-refractivity contribution in [2.45, 2.75) is 45.3 Å². The molecule has 8 nitrogen and oxygen atoms in total. The molecule has 0 saturated carbocycles. The molecule has 10 heteroatoms. The van der Waals surface area contributed by atoms with E-state index in [2.05, 4.69) is 10.3 Å². The average Bonchev–Trinajstić information content (AvgIpc) is 3.00. The summed E-state index contributed by atoms with van der Waals surface area (Å²) in [4.78, 5) is 42.5. The molecular weight excluding hydrogens is 424 g/mol. The van der Waals surface area contributed by atoms with E-state index < -0.39 is 10.8 Å². The molecule has 0 radical (unpaired) electrons. The first-order valence-electron chi connectivity index (χ1n) is 9.50. The van der Waals surface area contributed by atoms with Crippen molar-refractivity contribution in [2.75, 3.05) is 11.1 Å².